The molecule has 0 radical (unpaired) electrons. The molecule has 82 valence electrons. The first-order valence-electron chi connectivity index (χ1n) is 5.03. The second-order valence-corrected chi connectivity index (χ2v) is 4.01. The molecular formula is C12H18N2O. The Morgan fingerprint density at radius 3 is 2.33 bits per heavy atom. The first-order valence-corrected chi connectivity index (χ1v) is 5.03. The highest BCUT2D eigenvalue weighted by atomic mass is 16.2. The molecule has 2 N–H and O–H groups in total. The molecule has 0 aliphatic heterocycles. The Morgan fingerprint density at radius 2 is 1.87 bits per heavy atom. The number of nitrogens with two attached hydrogens (primary N) is 1. The lowest BCUT2D eigenvalue weighted by Crippen LogP contribution is -2.26. The Bertz CT molecular complexity index is 330. The van der Waals surface area contributed by atoms with Crippen molar-refractivity contribution in [3.8, 4) is 0 Å². The Hall–Kier alpha value is -1.35. The average molecular weight is 206 g/mol. The van der Waals surface area contributed by atoms with Gasteiger partial charge in [0, 0.05) is 26.6 Å². The third-order valence-corrected chi connectivity index (χ3v) is 2.40. The summed E-state index contributed by atoms with van der Waals surface area (Å²) in [7, 11) is 3.48. The fraction of sp³-hybridized carbons (Fsp3) is 0.417. The summed E-state index contributed by atoms with van der Waals surface area (Å²) in [6.45, 7) is 2.03. The van der Waals surface area contributed by atoms with Crippen LogP contribution in [0.1, 0.15) is 23.6 Å². The van der Waals surface area contributed by atoms with Gasteiger partial charge >= 0.3 is 0 Å². The predicted octanol–water partition coefficient (Wildman–Crippen LogP) is 1.47. The zero-order valence-electron chi connectivity index (χ0n) is 9.53. The number of carbonyl (C=O) groups is 1. The molecule has 0 spiro atoms. The minimum atomic E-state index is -0.208. The maximum atomic E-state index is 11.4. The summed E-state index contributed by atoms with van der Waals surface area (Å²) >= 11 is 0. The summed E-state index contributed by atoms with van der Waals surface area (Å²) in [5, 5.41) is 0. The van der Waals surface area contributed by atoms with Crippen LogP contribution in [0.3, 0.4) is 0 Å². The molecule has 0 saturated heterocycles. The van der Waals surface area contributed by atoms with Gasteiger partial charge in [-0.05, 0) is 12.5 Å². The van der Waals surface area contributed by atoms with Gasteiger partial charge in [-0.3, -0.25) is 4.79 Å². The molecule has 1 aromatic carbocycles. The van der Waals surface area contributed by atoms with Crippen LogP contribution in [0.5, 0.6) is 0 Å². The highest BCUT2D eigenvalue weighted by molar-refractivity contribution is 5.76. The van der Waals surface area contributed by atoms with Gasteiger partial charge in [-0.2, -0.15) is 0 Å². The van der Waals surface area contributed by atoms with Crippen molar-refractivity contribution in [3.63, 3.8) is 0 Å². The van der Waals surface area contributed by atoms with Gasteiger partial charge in [0.15, 0.2) is 0 Å². The number of aryl methyl sites for hydroxylation is 1. The quantitative estimate of drug-likeness (QED) is 0.814. The van der Waals surface area contributed by atoms with Gasteiger partial charge in [-0.15, -0.1) is 0 Å². The minimum absolute atomic E-state index is 0.0584. The van der Waals surface area contributed by atoms with Crippen molar-refractivity contribution >= 4 is 5.91 Å². The van der Waals surface area contributed by atoms with Gasteiger partial charge in [0.25, 0.3) is 0 Å². The van der Waals surface area contributed by atoms with E-state index in [-0.39, 0.29) is 11.9 Å². The molecule has 1 amide bonds. The number of benzene rings is 1. The van der Waals surface area contributed by atoms with E-state index in [0.29, 0.717) is 6.42 Å². The molecule has 3 heteroatoms. The van der Waals surface area contributed by atoms with Crippen molar-refractivity contribution in [2.45, 2.75) is 19.4 Å². The summed E-state index contributed by atoms with van der Waals surface area (Å²) in [5.74, 6) is 0.0584. The molecule has 0 fully saturated rings. The van der Waals surface area contributed by atoms with Crippen LogP contribution in [0.4, 0.5) is 0 Å². The van der Waals surface area contributed by atoms with E-state index in [2.05, 4.69) is 0 Å². The largest absolute Gasteiger partial charge is 0.349 e. The van der Waals surface area contributed by atoms with E-state index in [9.17, 15) is 4.79 Å². The second kappa shape index (κ2) is 4.94. The average Bonchev–Trinajstić information content (AvgIpc) is 2.18. The third kappa shape index (κ3) is 3.36. The molecule has 0 aromatic heterocycles. The van der Waals surface area contributed by atoms with E-state index in [4.69, 9.17) is 5.73 Å². The highest BCUT2D eigenvalue weighted by Gasteiger charge is 2.12. The van der Waals surface area contributed by atoms with Crippen molar-refractivity contribution in [2.75, 3.05) is 14.1 Å². The van der Waals surface area contributed by atoms with Gasteiger partial charge in [-0.1, -0.05) is 29.8 Å². The maximum absolute atomic E-state index is 11.4. The lowest BCUT2D eigenvalue weighted by molar-refractivity contribution is -0.129. The van der Waals surface area contributed by atoms with Crippen molar-refractivity contribution in [1.29, 1.82) is 0 Å². The summed E-state index contributed by atoms with van der Waals surface area (Å²) in [4.78, 5) is 13.0. The van der Waals surface area contributed by atoms with Crippen molar-refractivity contribution in [1.82, 2.24) is 4.90 Å². The summed E-state index contributed by atoms with van der Waals surface area (Å²) in [6, 6.07) is 7.76. The van der Waals surface area contributed by atoms with Crippen LogP contribution in [-0.2, 0) is 4.79 Å². The monoisotopic (exact) mass is 206 g/mol. The zero-order valence-corrected chi connectivity index (χ0v) is 9.53. The van der Waals surface area contributed by atoms with E-state index in [1.54, 1.807) is 19.0 Å². The molecule has 0 aliphatic carbocycles. The number of hydrogen-bond donors (Lipinski definition) is 1. The smallest absolute Gasteiger partial charge is 0.223 e. The van der Waals surface area contributed by atoms with E-state index in [0.717, 1.165) is 5.56 Å². The van der Waals surface area contributed by atoms with Crippen molar-refractivity contribution in [2.24, 2.45) is 5.73 Å². The fourth-order valence-corrected chi connectivity index (χ4v) is 1.30. The number of nitrogens with zero attached hydrogens (tertiary/aromatic N) is 1. The third-order valence-electron chi connectivity index (χ3n) is 2.40. The number of amides is 1. The van der Waals surface area contributed by atoms with E-state index < -0.39 is 0 Å². The van der Waals surface area contributed by atoms with Crippen molar-refractivity contribution in [3.05, 3.63) is 35.4 Å². The highest BCUT2D eigenvalue weighted by Crippen LogP contribution is 2.15. The molecule has 0 heterocycles. The van der Waals surface area contributed by atoms with Crippen LogP contribution in [0.25, 0.3) is 0 Å². The van der Waals surface area contributed by atoms with Crippen LogP contribution in [-0.4, -0.2) is 24.9 Å². The van der Waals surface area contributed by atoms with Gasteiger partial charge in [0.05, 0.1) is 0 Å². The topological polar surface area (TPSA) is 46.3 Å². The molecule has 0 bridgehead atoms. The first kappa shape index (κ1) is 11.7. The minimum Gasteiger partial charge on any atom is -0.349 e. The molecule has 0 saturated carbocycles. The van der Waals surface area contributed by atoms with Gasteiger partial charge in [0.1, 0.15) is 0 Å². The summed E-state index contributed by atoms with van der Waals surface area (Å²) < 4.78 is 0. The molecular weight excluding hydrogens is 188 g/mol. The van der Waals surface area contributed by atoms with Crippen LogP contribution in [0.15, 0.2) is 24.3 Å². The van der Waals surface area contributed by atoms with Crippen LogP contribution in [0, 0.1) is 6.92 Å². The fourth-order valence-electron chi connectivity index (χ4n) is 1.30. The summed E-state index contributed by atoms with van der Waals surface area (Å²) in [5.41, 5.74) is 8.15. The molecule has 1 aromatic rings. The molecule has 3 nitrogen and oxygen atoms in total. The van der Waals surface area contributed by atoms with E-state index >= 15 is 0 Å². The van der Waals surface area contributed by atoms with E-state index in [1.165, 1.54) is 5.56 Å². The van der Waals surface area contributed by atoms with Gasteiger partial charge < -0.3 is 10.6 Å². The van der Waals surface area contributed by atoms with Crippen molar-refractivity contribution < 1.29 is 4.79 Å². The van der Waals surface area contributed by atoms with Crippen LogP contribution >= 0.6 is 0 Å². The van der Waals surface area contributed by atoms with Gasteiger partial charge in [0.2, 0.25) is 5.91 Å². The van der Waals surface area contributed by atoms with Gasteiger partial charge in [-0.25, -0.2) is 0 Å². The maximum Gasteiger partial charge on any atom is 0.223 e. The Morgan fingerprint density at radius 1 is 1.33 bits per heavy atom. The Kier molecular flexibility index (Phi) is 3.86. The lowest BCUT2D eigenvalue weighted by atomic mass is 10.0. The molecule has 15 heavy (non-hydrogen) atoms. The Labute approximate surface area is 90.9 Å². The number of carbonyl (C=O) groups excluding carboxylic acids is 1. The molecule has 1 rings (SSSR count). The predicted molar refractivity (Wildman–Crippen MR) is 61.4 cm³/mol. The molecule has 1 atom stereocenters. The molecule has 1 unspecified atom stereocenters. The Balaban J connectivity index is 2.65. The van der Waals surface area contributed by atoms with E-state index in [1.807, 2.05) is 31.2 Å². The molecule has 0 aliphatic rings. The first-order chi connectivity index (χ1) is 7.00. The van der Waals surface area contributed by atoms with Crippen LogP contribution in [0.2, 0.25) is 0 Å². The second-order valence-electron chi connectivity index (χ2n) is 4.01. The summed E-state index contributed by atoms with van der Waals surface area (Å²) in [6.07, 6.45) is 0.357. The normalized spacial score (nSPS) is 12.3. The SMILES string of the molecule is Cc1ccc(C(N)CC(=O)N(C)C)cc1. The number of hydrogen-bond acceptors (Lipinski definition) is 2. The standard InChI is InChI=1S/C12H18N2O/c1-9-4-6-10(7-5-9)11(13)8-12(15)14(2)3/h4-7,11H,8,13H2,1-3H3. The lowest BCUT2D eigenvalue weighted by Gasteiger charge is -2.15. The number of rotatable bonds is 3. The van der Waals surface area contributed by atoms with Crippen LogP contribution < -0.4 is 5.73 Å². The zero-order chi connectivity index (χ0) is 11.4.